The third-order valence-electron chi connectivity index (χ3n) is 3.50. The fourth-order valence-corrected chi connectivity index (χ4v) is 3.96. The van der Waals surface area contributed by atoms with Crippen molar-refractivity contribution in [1.82, 2.24) is 9.62 Å². The minimum atomic E-state index is -3.55. The molecule has 1 spiro atoms. The minimum Gasteiger partial charge on any atom is -0.316 e. The van der Waals surface area contributed by atoms with E-state index in [4.69, 9.17) is 5.14 Å². The zero-order valence-electron chi connectivity index (χ0n) is 9.23. The van der Waals surface area contributed by atoms with Crippen molar-refractivity contribution in [2.75, 3.05) is 13.1 Å². The zero-order chi connectivity index (χ0) is 11.3. The van der Waals surface area contributed by atoms with Gasteiger partial charge < -0.3 is 5.32 Å². The summed E-state index contributed by atoms with van der Waals surface area (Å²) in [6.45, 7) is 5.79. The van der Waals surface area contributed by atoms with Crippen LogP contribution in [0.1, 0.15) is 26.7 Å². The first-order valence-electron chi connectivity index (χ1n) is 5.36. The number of nitrogens with zero attached hydrogens (tertiary/aromatic N) is 1. The first-order chi connectivity index (χ1) is 6.84. The molecule has 0 radical (unpaired) electrons. The van der Waals surface area contributed by atoms with Crippen LogP contribution in [0.3, 0.4) is 0 Å². The third kappa shape index (κ3) is 1.91. The van der Waals surface area contributed by atoms with Gasteiger partial charge >= 0.3 is 0 Å². The van der Waals surface area contributed by atoms with Crippen LogP contribution < -0.4 is 10.5 Å². The standard InChI is InChI=1S/C9H19N3O2S/c1-7(2)12(15(10,13)14)8-3-9(4-8)5-11-6-9/h7-8,11H,3-6H2,1-2H3,(H2,10,13,14). The second-order valence-electron chi connectivity index (χ2n) is 5.13. The Balaban J connectivity index is 2.03. The number of hydrogen-bond acceptors (Lipinski definition) is 3. The van der Waals surface area contributed by atoms with Crippen molar-refractivity contribution in [3.8, 4) is 0 Å². The van der Waals surface area contributed by atoms with Gasteiger partial charge in [-0.3, -0.25) is 0 Å². The van der Waals surface area contributed by atoms with Gasteiger partial charge in [0.1, 0.15) is 0 Å². The zero-order valence-corrected chi connectivity index (χ0v) is 10.0. The van der Waals surface area contributed by atoms with E-state index in [1.807, 2.05) is 13.8 Å². The molecule has 1 heterocycles. The van der Waals surface area contributed by atoms with Crippen molar-refractivity contribution in [2.45, 2.75) is 38.8 Å². The highest BCUT2D eigenvalue weighted by atomic mass is 32.2. The number of nitrogens with one attached hydrogen (secondary N) is 1. The molecule has 0 aromatic carbocycles. The fourth-order valence-electron chi connectivity index (χ4n) is 2.81. The lowest BCUT2D eigenvalue weighted by Gasteiger charge is -2.57. The van der Waals surface area contributed by atoms with Crippen molar-refractivity contribution in [1.29, 1.82) is 0 Å². The first kappa shape index (κ1) is 11.3. The minimum absolute atomic E-state index is 0.0459. The number of rotatable bonds is 3. The Morgan fingerprint density at radius 3 is 2.20 bits per heavy atom. The predicted molar refractivity (Wildman–Crippen MR) is 58.4 cm³/mol. The second-order valence-corrected chi connectivity index (χ2v) is 6.59. The van der Waals surface area contributed by atoms with E-state index >= 15 is 0 Å². The van der Waals surface area contributed by atoms with Gasteiger partial charge in [0.05, 0.1) is 0 Å². The smallest absolute Gasteiger partial charge is 0.277 e. The van der Waals surface area contributed by atoms with Crippen LogP contribution in [0, 0.1) is 5.41 Å². The molecule has 2 aliphatic rings. The van der Waals surface area contributed by atoms with Gasteiger partial charge in [-0.1, -0.05) is 0 Å². The monoisotopic (exact) mass is 233 g/mol. The normalized spacial score (nSPS) is 25.7. The molecule has 1 saturated heterocycles. The molecule has 5 nitrogen and oxygen atoms in total. The molecule has 6 heteroatoms. The van der Waals surface area contributed by atoms with Gasteiger partial charge in [0.2, 0.25) is 0 Å². The molecule has 0 aromatic rings. The van der Waals surface area contributed by atoms with Crippen LogP contribution in [0.25, 0.3) is 0 Å². The molecule has 3 N–H and O–H groups in total. The molecule has 0 bridgehead atoms. The molecule has 1 saturated carbocycles. The van der Waals surface area contributed by atoms with Crippen molar-refractivity contribution < 1.29 is 8.42 Å². The Morgan fingerprint density at radius 2 is 1.93 bits per heavy atom. The Bertz CT molecular complexity index is 340. The van der Waals surface area contributed by atoms with Crippen molar-refractivity contribution >= 4 is 10.2 Å². The molecular weight excluding hydrogens is 214 g/mol. The van der Waals surface area contributed by atoms with Crippen LogP contribution in [-0.4, -0.2) is 37.9 Å². The Hall–Kier alpha value is -0.170. The SMILES string of the molecule is CC(C)N(C1CC2(CNC2)C1)S(N)(=O)=O. The van der Waals surface area contributed by atoms with Gasteiger partial charge in [-0.05, 0) is 32.1 Å². The summed E-state index contributed by atoms with van der Waals surface area (Å²) < 4.78 is 24.3. The van der Waals surface area contributed by atoms with Gasteiger partial charge in [-0.15, -0.1) is 0 Å². The van der Waals surface area contributed by atoms with Crippen LogP contribution in [0.5, 0.6) is 0 Å². The largest absolute Gasteiger partial charge is 0.316 e. The molecule has 1 aliphatic heterocycles. The fraction of sp³-hybridized carbons (Fsp3) is 1.00. The molecular formula is C9H19N3O2S. The van der Waals surface area contributed by atoms with E-state index in [1.54, 1.807) is 0 Å². The van der Waals surface area contributed by atoms with Crippen LogP contribution in [0.4, 0.5) is 0 Å². The summed E-state index contributed by atoms with van der Waals surface area (Å²) in [4.78, 5) is 0. The van der Waals surface area contributed by atoms with Gasteiger partial charge in [0.15, 0.2) is 0 Å². The van der Waals surface area contributed by atoms with Crippen molar-refractivity contribution in [3.63, 3.8) is 0 Å². The van der Waals surface area contributed by atoms with Crippen molar-refractivity contribution in [2.24, 2.45) is 10.6 Å². The number of hydrogen-bond donors (Lipinski definition) is 2. The van der Waals surface area contributed by atoms with Gasteiger partial charge in [0.25, 0.3) is 10.2 Å². The topological polar surface area (TPSA) is 75.4 Å². The van der Waals surface area contributed by atoms with Crippen LogP contribution in [0.2, 0.25) is 0 Å². The first-order valence-corrected chi connectivity index (χ1v) is 6.86. The summed E-state index contributed by atoms with van der Waals surface area (Å²) in [5, 5.41) is 8.45. The van der Waals surface area contributed by atoms with Crippen LogP contribution in [0.15, 0.2) is 0 Å². The lowest BCUT2D eigenvalue weighted by molar-refractivity contribution is -0.0138. The van der Waals surface area contributed by atoms with Crippen LogP contribution >= 0.6 is 0 Å². The lowest BCUT2D eigenvalue weighted by Crippen LogP contribution is -2.67. The summed E-state index contributed by atoms with van der Waals surface area (Å²) in [6.07, 6.45) is 1.91. The average Bonchev–Trinajstić information content (AvgIpc) is 1.86. The van der Waals surface area contributed by atoms with Gasteiger partial charge in [-0.2, -0.15) is 12.7 Å². The maximum Gasteiger partial charge on any atom is 0.277 e. The molecule has 2 fully saturated rings. The third-order valence-corrected chi connectivity index (χ3v) is 4.81. The van der Waals surface area contributed by atoms with E-state index in [1.165, 1.54) is 4.31 Å². The van der Waals surface area contributed by atoms with E-state index in [-0.39, 0.29) is 12.1 Å². The Morgan fingerprint density at radius 1 is 1.40 bits per heavy atom. The molecule has 0 unspecified atom stereocenters. The summed E-state index contributed by atoms with van der Waals surface area (Å²) in [5.74, 6) is 0. The highest BCUT2D eigenvalue weighted by molar-refractivity contribution is 7.86. The molecule has 88 valence electrons. The molecule has 0 amide bonds. The molecule has 0 atom stereocenters. The van der Waals surface area contributed by atoms with E-state index in [0.717, 1.165) is 25.9 Å². The predicted octanol–water partition coefficient (Wildman–Crippen LogP) is -0.348. The highest BCUT2D eigenvalue weighted by Crippen LogP contribution is 2.47. The molecule has 0 aromatic heterocycles. The van der Waals surface area contributed by atoms with Gasteiger partial charge in [0, 0.05) is 25.2 Å². The highest BCUT2D eigenvalue weighted by Gasteiger charge is 2.52. The summed E-state index contributed by atoms with van der Waals surface area (Å²) in [5.41, 5.74) is 0.377. The summed E-state index contributed by atoms with van der Waals surface area (Å²) in [6, 6.07) is 0.0671. The Labute approximate surface area is 91.2 Å². The maximum atomic E-state index is 11.4. The summed E-state index contributed by atoms with van der Waals surface area (Å²) in [7, 11) is -3.55. The maximum absolute atomic E-state index is 11.4. The van der Waals surface area contributed by atoms with Gasteiger partial charge in [-0.25, -0.2) is 5.14 Å². The van der Waals surface area contributed by atoms with Crippen LogP contribution in [-0.2, 0) is 10.2 Å². The number of nitrogens with two attached hydrogens (primary N) is 1. The molecule has 2 rings (SSSR count). The second kappa shape index (κ2) is 3.41. The Kier molecular flexibility index (Phi) is 2.57. The lowest BCUT2D eigenvalue weighted by atomic mass is 9.61. The van der Waals surface area contributed by atoms with E-state index < -0.39 is 10.2 Å². The van der Waals surface area contributed by atoms with E-state index in [0.29, 0.717) is 5.41 Å². The van der Waals surface area contributed by atoms with Crippen molar-refractivity contribution in [3.05, 3.63) is 0 Å². The van der Waals surface area contributed by atoms with E-state index in [9.17, 15) is 8.42 Å². The summed E-state index contributed by atoms with van der Waals surface area (Å²) >= 11 is 0. The molecule has 1 aliphatic carbocycles. The average molecular weight is 233 g/mol. The van der Waals surface area contributed by atoms with E-state index in [2.05, 4.69) is 5.32 Å². The quantitative estimate of drug-likeness (QED) is 0.700. The molecule has 15 heavy (non-hydrogen) atoms.